The second-order valence-electron chi connectivity index (χ2n) is 8.23. The molecule has 0 saturated heterocycles. The Bertz CT molecular complexity index is 817. The minimum absolute atomic E-state index is 0.143. The second kappa shape index (κ2) is 11.0. The van der Waals surface area contributed by atoms with Crippen LogP contribution in [-0.2, 0) is 16.0 Å². The lowest BCUT2D eigenvalue weighted by Gasteiger charge is -2.33. The van der Waals surface area contributed by atoms with Crippen LogP contribution in [-0.4, -0.2) is 41.4 Å². The van der Waals surface area contributed by atoms with E-state index in [9.17, 15) is 9.59 Å². The first kappa shape index (κ1) is 23.7. The van der Waals surface area contributed by atoms with Crippen LogP contribution in [0.2, 0.25) is 5.02 Å². The summed E-state index contributed by atoms with van der Waals surface area (Å²) in [6.07, 6.45) is 1.18. The maximum absolute atomic E-state index is 13.1. The molecule has 1 unspecified atom stereocenters. The highest BCUT2D eigenvalue weighted by atomic mass is 35.5. The van der Waals surface area contributed by atoms with Gasteiger partial charge in [0.05, 0.1) is 0 Å². The molecule has 0 bridgehead atoms. The lowest BCUT2D eigenvalue weighted by molar-refractivity contribution is -0.142. The van der Waals surface area contributed by atoms with Crippen LogP contribution in [0, 0.1) is 0 Å². The van der Waals surface area contributed by atoms with Gasteiger partial charge in [0.25, 0.3) is 5.91 Å². The van der Waals surface area contributed by atoms with Gasteiger partial charge in [-0.05, 0) is 63.4 Å². The quantitative estimate of drug-likeness (QED) is 0.637. The van der Waals surface area contributed by atoms with E-state index in [-0.39, 0.29) is 24.0 Å². The summed E-state index contributed by atoms with van der Waals surface area (Å²) in [4.78, 5) is 27.6. The number of carbonyl (C=O) groups is 2. The predicted molar refractivity (Wildman–Crippen MR) is 121 cm³/mol. The SMILES string of the molecule is CCC(C(=O)NC(C)(C)C)N(CCc1ccccc1)C(=O)COc1ccc(Cl)cc1. The molecule has 0 heterocycles. The van der Waals surface area contributed by atoms with Gasteiger partial charge in [-0.15, -0.1) is 0 Å². The van der Waals surface area contributed by atoms with E-state index < -0.39 is 6.04 Å². The molecule has 0 aromatic heterocycles. The fraction of sp³-hybridized carbons (Fsp3) is 0.417. The molecule has 1 N–H and O–H groups in total. The molecule has 6 heteroatoms. The Kier molecular flexibility index (Phi) is 8.72. The molecule has 0 fully saturated rings. The minimum Gasteiger partial charge on any atom is -0.484 e. The number of amides is 2. The smallest absolute Gasteiger partial charge is 0.261 e. The van der Waals surface area contributed by atoms with E-state index in [1.807, 2.05) is 58.0 Å². The summed E-state index contributed by atoms with van der Waals surface area (Å²) in [7, 11) is 0. The molecule has 2 amide bonds. The molecule has 30 heavy (non-hydrogen) atoms. The van der Waals surface area contributed by atoms with Crippen LogP contribution >= 0.6 is 11.6 Å². The van der Waals surface area contributed by atoms with E-state index in [4.69, 9.17) is 16.3 Å². The van der Waals surface area contributed by atoms with E-state index in [0.717, 1.165) is 5.56 Å². The zero-order valence-corrected chi connectivity index (χ0v) is 18.9. The van der Waals surface area contributed by atoms with E-state index in [2.05, 4.69) is 5.32 Å². The maximum Gasteiger partial charge on any atom is 0.261 e. The second-order valence-corrected chi connectivity index (χ2v) is 8.67. The predicted octanol–water partition coefficient (Wildman–Crippen LogP) is 4.48. The third kappa shape index (κ3) is 7.71. The monoisotopic (exact) mass is 430 g/mol. The van der Waals surface area contributed by atoms with Crippen LogP contribution in [0.5, 0.6) is 5.75 Å². The van der Waals surface area contributed by atoms with Crippen molar-refractivity contribution in [2.45, 2.75) is 52.1 Å². The van der Waals surface area contributed by atoms with Gasteiger partial charge in [0.15, 0.2) is 6.61 Å². The van der Waals surface area contributed by atoms with Crippen molar-refractivity contribution in [3.63, 3.8) is 0 Å². The Morgan fingerprint density at radius 2 is 1.70 bits per heavy atom. The number of benzene rings is 2. The van der Waals surface area contributed by atoms with Crippen molar-refractivity contribution in [3.8, 4) is 5.75 Å². The zero-order chi connectivity index (χ0) is 22.1. The summed E-state index contributed by atoms with van der Waals surface area (Å²) < 4.78 is 5.65. The first-order chi connectivity index (χ1) is 14.2. The fourth-order valence-corrected chi connectivity index (χ4v) is 3.23. The van der Waals surface area contributed by atoms with E-state index >= 15 is 0 Å². The number of rotatable bonds is 9. The van der Waals surface area contributed by atoms with Crippen molar-refractivity contribution in [1.29, 1.82) is 0 Å². The highest BCUT2D eigenvalue weighted by Gasteiger charge is 2.30. The number of ether oxygens (including phenoxy) is 1. The van der Waals surface area contributed by atoms with Crippen molar-refractivity contribution in [2.24, 2.45) is 0 Å². The van der Waals surface area contributed by atoms with Gasteiger partial charge < -0.3 is 15.0 Å². The molecular formula is C24H31ClN2O3. The molecule has 162 valence electrons. The van der Waals surface area contributed by atoms with Gasteiger partial charge in [-0.3, -0.25) is 9.59 Å². The van der Waals surface area contributed by atoms with Crippen LogP contribution < -0.4 is 10.1 Å². The van der Waals surface area contributed by atoms with Crippen LogP contribution in [0.15, 0.2) is 54.6 Å². The molecule has 0 spiro atoms. The van der Waals surface area contributed by atoms with Crippen molar-refractivity contribution >= 4 is 23.4 Å². The van der Waals surface area contributed by atoms with Gasteiger partial charge in [0.1, 0.15) is 11.8 Å². The van der Waals surface area contributed by atoms with Gasteiger partial charge in [0.2, 0.25) is 5.91 Å². The Morgan fingerprint density at radius 3 is 2.27 bits per heavy atom. The molecule has 0 aliphatic rings. The number of halogens is 1. The number of hydrogen-bond donors (Lipinski definition) is 1. The summed E-state index contributed by atoms with van der Waals surface area (Å²) in [6.45, 7) is 7.99. The molecule has 0 radical (unpaired) electrons. The molecule has 0 aliphatic heterocycles. The van der Waals surface area contributed by atoms with Crippen molar-refractivity contribution in [3.05, 3.63) is 65.2 Å². The Morgan fingerprint density at radius 1 is 1.07 bits per heavy atom. The molecule has 0 aliphatic carbocycles. The summed E-state index contributed by atoms with van der Waals surface area (Å²) in [5.41, 5.74) is 0.735. The molecular weight excluding hydrogens is 400 g/mol. The van der Waals surface area contributed by atoms with Crippen LogP contribution in [0.1, 0.15) is 39.7 Å². The first-order valence-electron chi connectivity index (χ1n) is 10.2. The minimum atomic E-state index is -0.561. The summed E-state index contributed by atoms with van der Waals surface area (Å²) in [5.74, 6) is 0.178. The lowest BCUT2D eigenvalue weighted by Crippen LogP contribution is -2.54. The Hall–Kier alpha value is -2.53. The van der Waals surface area contributed by atoms with Crippen molar-refractivity contribution in [1.82, 2.24) is 10.2 Å². The van der Waals surface area contributed by atoms with Crippen LogP contribution in [0.3, 0.4) is 0 Å². The normalized spacial score (nSPS) is 12.2. The van der Waals surface area contributed by atoms with Gasteiger partial charge in [-0.25, -0.2) is 0 Å². The Balaban J connectivity index is 2.14. The molecule has 0 saturated carbocycles. The van der Waals surface area contributed by atoms with E-state index in [1.165, 1.54) is 0 Å². The fourth-order valence-electron chi connectivity index (χ4n) is 3.11. The maximum atomic E-state index is 13.1. The van der Waals surface area contributed by atoms with Crippen LogP contribution in [0.4, 0.5) is 0 Å². The zero-order valence-electron chi connectivity index (χ0n) is 18.2. The average Bonchev–Trinajstić information content (AvgIpc) is 2.69. The number of hydrogen-bond acceptors (Lipinski definition) is 3. The van der Waals surface area contributed by atoms with E-state index in [1.54, 1.807) is 29.2 Å². The molecule has 2 aromatic rings. The van der Waals surface area contributed by atoms with E-state index in [0.29, 0.717) is 30.2 Å². The third-order valence-corrected chi connectivity index (χ3v) is 4.80. The van der Waals surface area contributed by atoms with Gasteiger partial charge in [-0.1, -0.05) is 48.9 Å². The summed E-state index contributed by atoms with van der Waals surface area (Å²) in [5, 5.41) is 3.60. The molecule has 1 atom stereocenters. The van der Waals surface area contributed by atoms with Crippen molar-refractivity contribution < 1.29 is 14.3 Å². The number of nitrogens with one attached hydrogen (secondary N) is 1. The molecule has 5 nitrogen and oxygen atoms in total. The van der Waals surface area contributed by atoms with Crippen molar-refractivity contribution in [2.75, 3.05) is 13.2 Å². The average molecular weight is 431 g/mol. The highest BCUT2D eigenvalue weighted by Crippen LogP contribution is 2.16. The van der Waals surface area contributed by atoms with Gasteiger partial charge in [0, 0.05) is 17.1 Å². The standard InChI is InChI=1S/C24H31ClN2O3/c1-5-21(23(29)26-24(2,3)4)27(16-15-18-9-7-6-8-10-18)22(28)17-30-20-13-11-19(25)12-14-20/h6-14,21H,5,15-17H2,1-4H3,(H,26,29). The lowest BCUT2D eigenvalue weighted by atomic mass is 10.1. The van der Waals surface area contributed by atoms with Crippen LogP contribution in [0.25, 0.3) is 0 Å². The first-order valence-corrected chi connectivity index (χ1v) is 10.6. The number of nitrogens with zero attached hydrogens (tertiary/aromatic N) is 1. The third-order valence-electron chi connectivity index (χ3n) is 4.54. The molecule has 2 rings (SSSR count). The largest absolute Gasteiger partial charge is 0.484 e. The van der Waals surface area contributed by atoms with Gasteiger partial charge in [-0.2, -0.15) is 0 Å². The molecule has 2 aromatic carbocycles. The highest BCUT2D eigenvalue weighted by molar-refractivity contribution is 6.30. The summed E-state index contributed by atoms with van der Waals surface area (Å²) in [6, 6.07) is 16.2. The van der Waals surface area contributed by atoms with Gasteiger partial charge >= 0.3 is 0 Å². The topological polar surface area (TPSA) is 58.6 Å². The summed E-state index contributed by atoms with van der Waals surface area (Å²) >= 11 is 5.90. The number of carbonyl (C=O) groups excluding carboxylic acids is 2. The Labute approximate surface area is 184 Å².